The van der Waals surface area contributed by atoms with Crippen molar-refractivity contribution in [1.82, 2.24) is 20.1 Å². The smallest absolute Gasteiger partial charge is 0.252 e. The summed E-state index contributed by atoms with van der Waals surface area (Å²) >= 11 is 0. The van der Waals surface area contributed by atoms with Crippen LogP contribution in [-0.4, -0.2) is 35.6 Å². The molecule has 2 heterocycles. The molecule has 25 heavy (non-hydrogen) atoms. The van der Waals surface area contributed by atoms with Crippen LogP contribution in [-0.2, 0) is 23.5 Å². The zero-order valence-corrected chi connectivity index (χ0v) is 14.3. The van der Waals surface area contributed by atoms with Gasteiger partial charge in [0.1, 0.15) is 5.52 Å². The number of rotatable bonds is 5. The third-order valence-corrected chi connectivity index (χ3v) is 4.74. The number of carbonyl (C=O) groups is 1. The standard InChI is InChI=1S/C16H17N5O3S/c1-21-15-8-12(9-19-14(15)10-20-21)16(22)18-7-6-11-2-4-13(5-3-11)25(17,23)24/h2-5,8-10H,6-7H2,1H3,(H,18,22)(H2,17,23,24). The Bertz CT molecular complexity index is 1030. The maximum atomic E-state index is 12.2. The fourth-order valence-electron chi connectivity index (χ4n) is 2.42. The Morgan fingerprint density at radius 1 is 1.24 bits per heavy atom. The van der Waals surface area contributed by atoms with Gasteiger partial charge in [-0.15, -0.1) is 0 Å². The third kappa shape index (κ3) is 3.83. The molecule has 1 aromatic carbocycles. The first-order chi connectivity index (χ1) is 11.8. The Kier molecular flexibility index (Phi) is 4.51. The van der Waals surface area contributed by atoms with Gasteiger partial charge in [-0.1, -0.05) is 12.1 Å². The molecule has 0 saturated carbocycles. The second-order valence-corrected chi connectivity index (χ2v) is 7.15. The number of carbonyl (C=O) groups excluding carboxylic acids is 1. The second kappa shape index (κ2) is 6.61. The lowest BCUT2D eigenvalue weighted by Gasteiger charge is -2.06. The van der Waals surface area contributed by atoms with Crippen LogP contribution < -0.4 is 10.5 Å². The number of aromatic nitrogens is 3. The fourth-order valence-corrected chi connectivity index (χ4v) is 2.93. The van der Waals surface area contributed by atoms with E-state index < -0.39 is 10.0 Å². The number of sulfonamides is 1. The molecule has 0 atom stereocenters. The molecule has 3 aromatic rings. The Balaban J connectivity index is 1.61. The minimum absolute atomic E-state index is 0.0656. The van der Waals surface area contributed by atoms with E-state index in [1.807, 2.05) is 0 Å². The van der Waals surface area contributed by atoms with Crippen LogP contribution in [0, 0.1) is 0 Å². The number of nitrogens with one attached hydrogen (secondary N) is 1. The van der Waals surface area contributed by atoms with E-state index in [4.69, 9.17) is 5.14 Å². The van der Waals surface area contributed by atoms with Crippen molar-refractivity contribution in [2.24, 2.45) is 12.2 Å². The summed E-state index contributed by atoms with van der Waals surface area (Å²) in [6.45, 7) is 0.414. The topological polar surface area (TPSA) is 120 Å². The molecule has 0 saturated heterocycles. The monoisotopic (exact) mass is 359 g/mol. The van der Waals surface area contributed by atoms with Gasteiger partial charge in [-0.2, -0.15) is 5.10 Å². The number of benzene rings is 1. The van der Waals surface area contributed by atoms with E-state index in [9.17, 15) is 13.2 Å². The average molecular weight is 359 g/mol. The summed E-state index contributed by atoms with van der Waals surface area (Å²) < 4.78 is 24.1. The summed E-state index contributed by atoms with van der Waals surface area (Å²) in [6, 6.07) is 8.00. The minimum atomic E-state index is -3.69. The van der Waals surface area contributed by atoms with Crippen molar-refractivity contribution in [1.29, 1.82) is 0 Å². The minimum Gasteiger partial charge on any atom is -0.352 e. The SMILES string of the molecule is Cn1ncc2ncc(C(=O)NCCc3ccc(S(N)(=O)=O)cc3)cc21. The van der Waals surface area contributed by atoms with Crippen LogP contribution in [0.4, 0.5) is 0 Å². The highest BCUT2D eigenvalue weighted by Gasteiger charge is 2.10. The summed E-state index contributed by atoms with van der Waals surface area (Å²) in [7, 11) is -1.90. The van der Waals surface area contributed by atoms with Gasteiger partial charge in [-0.25, -0.2) is 13.6 Å². The average Bonchev–Trinajstić information content (AvgIpc) is 2.95. The lowest BCUT2D eigenvalue weighted by Crippen LogP contribution is -2.25. The van der Waals surface area contributed by atoms with E-state index >= 15 is 0 Å². The Morgan fingerprint density at radius 3 is 2.64 bits per heavy atom. The summed E-state index contributed by atoms with van der Waals surface area (Å²) in [5.41, 5.74) is 2.87. The van der Waals surface area contributed by atoms with Crippen molar-refractivity contribution < 1.29 is 13.2 Å². The van der Waals surface area contributed by atoms with E-state index in [2.05, 4.69) is 15.4 Å². The molecule has 3 N–H and O–H groups in total. The molecule has 130 valence electrons. The molecule has 3 rings (SSSR count). The molecule has 0 unspecified atom stereocenters. The molecule has 0 fully saturated rings. The molecular formula is C16H17N5O3S. The molecule has 0 aliphatic carbocycles. The Morgan fingerprint density at radius 2 is 1.96 bits per heavy atom. The van der Waals surface area contributed by atoms with Gasteiger partial charge >= 0.3 is 0 Å². The van der Waals surface area contributed by atoms with Crippen LogP contribution in [0.15, 0.2) is 47.6 Å². The van der Waals surface area contributed by atoms with E-state index in [0.717, 1.165) is 16.6 Å². The number of amides is 1. The zero-order valence-electron chi connectivity index (χ0n) is 13.5. The van der Waals surface area contributed by atoms with E-state index in [-0.39, 0.29) is 10.8 Å². The predicted octanol–water partition coefficient (Wildman–Crippen LogP) is 0.588. The fraction of sp³-hybridized carbons (Fsp3) is 0.188. The summed E-state index contributed by atoms with van der Waals surface area (Å²) in [5.74, 6) is -0.225. The quantitative estimate of drug-likeness (QED) is 0.691. The molecule has 0 spiro atoms. The van der Waals surface area contributed by atoms with E-state index in [1.54, 1.807) is 36.1 Å². The first-order valence-corrected chi connectivity index (χ1v) is 9.07. The van der Waals surface area contributed by atoms with Gasteiger partial charge in [0.2, 0.25) is 10.0 Å². The Labute approximate surface area is 144 Å². The van der Waals surface area contributed by atoms with Gasteiger partial charge in [-0.05, 0) is 30.2 Å². The molecule has 2 aromatic heterocycles. The number of hydrogen-bond acceptors (Lipinski definition) is 5. The highest BCUT2D eigenvalue weighted by Crippen LogP contribution is 2.12. The highest BCUT2D eigenvalue weighted by molar-refractivity contribution is 7.89. The zero-order chi connectivity index (χ0) is 18.0. The van der Waals surface area contributed by atoms with Crippen LogP contribution in [0.1, 0.15) is 15.9 Å². The number of fused-ring (bicyclic) bond motifs is 1. The van der Waals surface area contributed by atoms with Crippen molar-refractivity contribution in [2.45, 2.75) is 11.3 Å². The summed E-state index contributed by atoms with van der Waals surface area (Å²) in [4.78, 5) is 16.5. The van der Waals surface area contributed by atoms with E-state index in [0.29, 0.717) is 18.5 Å². The molecular weight excluding hydrogens is 342 g/mol. The Hall–Kier alpha value is -2.78. The predicted molar refractivity (Wildman–Crippen MR) is 92.4 cm³/mol. The van der Waals surface area contributed by atoms with Crippen molar-refractivity contribution in [3.8, 4) is 0 Å². The van der Waals surface area contributed by atoms with Crippen molar-refractivity contribution in [3.05, 3.63) is 53.9 Å². The van der Waals surface area contributed by atoms with Crippen molar-refractivity contribution in [3.63, 3.8) is 0 Å². The first-order valence-electron chi connectivity index (χ1n) is 7.52. The third-order valence-electron chi connectivity index (χ3n) is 3.81. The lowest BCUT2D eigenvalue weighted by atomic mass is 10.1. The lowest BCUT2D eigenvalue weighted by molar-refractivity contribution is 0.0954. The molecule has 1 amide bonds. The van der Waals surface area contributed by atoms with Crippen molar-refractivity contribution >= 4 is 27.0 Å². The van der Waals surface area contributed by atoms with Crippen LogP contribution in [0.25, 0.3) is 11.0 Å². The molecule has 0 bridgehead atoms. The molecule has 0 aliphatic rings. The number of nitrogens with zero attached hydrogens (tertiary/aromatic N) is 3. The largest absolute Gasteiger partial charge is 0.352 e. The van der Waals surface area contributed by atoms with Gasteiger partial charge in [0, 0.05) is 19.8 Å². The van der Waals surface area contributed by atoms with Gasteiger partial charge in [0.25, 0.3) is 5.91 Å². The number of nitrogens with two attached hydrogens (primary N) is 1. The molecule has 0 radical (unpaired) electrons. The maximum Gasteiger partial charge on any atom is 0.252 e. The van der Waals surface area contributed by atoms with Crippen LogP contribution in [0.2, 0.25) is 0 Å². The summed E-state index contributed by atoms with van der Waals surface area (Å²) in [5, 5.41) is 12.0. The number of hydrogen-bond donors (Lipinski definition) is 2. The van der Waals surface area contributed by atoms with Gasteiger partial charge in [0.15, 0.2) is 0 Å². The number of pyridine rings is 1. The number of primary sulfonamides is 1. The highest BCUT2D eigenvalue weighted by atomic mass is 32.2. The molecule has 0 aliphatic heterocycles. The van der Waals surface area contributed by atoms with Gasteiger partial charge < -0.3 is 5.32 Å². The first kappa shape index (κ1) is 17.1. The molecule has 9 heteroatoms. The normalized spacial score (nSPS) is 11.6. The van der Waals surface area contributed by atoms with E-state index in [1.165, 1.54) is 18.3 Å². The molecule has 8 nitrogen and oxygen atoms in total. The van der Waals surface area contributed by atoms with Crippen LogP contribution in [0.3, 0.4) is 0 Å². The van der Waals surface area contributed by atoms with Crippen LogP contribution >= 0.6 is 0 Å². The maximum absolute atomic E-state index is 12.2. The van der Waals surface area contributed by atoms with Crippen LogP contribution in [0.5, 0.6) is 0 Å². The van der Waals surface area contributed by atoms with Gasteiger partial charge in [-0.3, -0.25) is 14.5 Å². The summed E-state index contributed by atoms with van der Waals surface area (Å²) in [6.07, 6.45) is 3.72. The second-order valence-electron chi connectivity index (χ2n) is 5.59. The number of aryl methyl sites for hydroxylation is 1. The van der Waals surface area contributed by atoms with Gasteiger partial charge in [0.05, 0.1) is 22.2 Å². The van der Waals surface area contributed by atoms with Crippen molar-refractivity contribution in [2.75, 3.05) is 6.54 Å².